The van der Waals surface area contributed by atoms with Crippen molar-refractivity contribution < 1.29 is 5.11 Å². The van der Waals surface area contributed by atoms with Crippen molar-refractivity contribution in [1.29, 1.82) is 0 Å². The van der Waals surface area contributed by atoms with Gasteiger partial charge in [0.2, 0.25) is 0 Å². The van der Waals surface area contributed by atoms with E-state index in [0.29, 0.717) is 5.02 Å². The zero-order valence-electron chi connectivity index (χ0n) is 7.47. The molecule has 1 aliphatic rings. The Morgan fingerprint density at radius 3 is 2.77 bits per heavy atom. The quantitative estimate of drug-likeness (QED) is 0.725. The van der Waals surface area contributed by atoms with Gasteiger partial charge >= 0.3 is 0 Å². The molecule has 1 unspecified atom stereocenters. The summed E-state index contributed by atoms with van der Waals surface area (Å²) in [4.78, 5) is 0. The molecular weight excluding hydrogens is 186 g/mol. The van der Waals surface area contributed by atoms with Crippen LogP contribution in [0.1, 0.15) is 23.6 Å². The van der Waals surface area contributed by atoms with Crippen molar-refractivity contribution in [2.75, 3.05) is 6.54 Å². The Hall–Kier alpha value is -0.730. The first-order chi connectivity index (χ1) is 6.18. The van der Waals surface area contributed by atoms with E-state index in [-0.39, 0.29) is 11.8 Å². The summed E-state index contributed by atoms with van der Waals surface area (Å²) in [7, 11) is 0. The molecule has 2 rings (SSSR count). The number of phenolic OH excluding ortho intramolecular Hbond substituents is 1. The van der Waals surface area contributed by atoms with E-state index in [1.807, 2.05) is 13.0 Å². The van der Waals surface area contributed by atoms with E-state index >= 15 is 0 Å². The third-order valence-electron chi connectivity index (χ3n) is 2.44. The van der Waals surface area contributed by atoms with E-state index in [4.69, 9.17) is 11.6 Å². The summed E-state index contributed by atoms with van der Waals surface area (Å²) < 4.78 is 0. The zero-order chi connectivity index (χ0) is 9.42. The molecule has 0 amide bonds. The number of aromatic hydroxyl groups is 1. The first-order valence-electron chi connectivity index (χ1n) is 4.41. The molecule has 0 radical (unpaired) electrons. The van der Waals surface area contributed by atoms with Crippen LogP contribution in [-0.2, 0) is 0 Å². The molecule has 1 aromatic carbocycles. The average molecular weight is 198 g/mol. The largest absolute Gasteiger partial charge is 0.506 e. The van der Waals surface area contributed by atoms with E-state index in [1.54, 1.807) is 6.07 Å². The SMILES string of the molecule is Cc1cc(Cl)c(O)c(C2CCN2)c1. The number of hydrogen-bond donors (Lipinski definition) is 2. The van der Waals surface area contributed by atoms with Gasteiger partial charge in [-0.05, 0) is 31.5 Å². The second kappa shape index (κ2) is 3.20. The van der Waals surface area contributed by atoms with Crippen LogP contribution < -0.4 is 5.32 Å². The van der Waals surface area contributed by atoms with Crippen LogP contribution in [-0.4, -0.2) is 11.7 Å². The van der Waals surface area contributed by atoms with Gasteiger partial charge in [0.1, 0.15) is 5.75 Å². The molecule has 13 heavy (non-hydrogen) atoms. The molecule has 1 aliphatic heterocycles. The van der Waals surface area contributed by atoms with E-state index < -0.39 is 0 Å². The molecule has 0 aromatic heterocycles. The van der Waals surface area contributed by atoms with Crippen LogP contribution in [0.4, 0.5) is 0 Å². The monoisotopic (exact) mass is 197 g/mol. The van der Waals surface area contributed by atoms with Gasteiger partial charge < -0.3 is 10.4 Å². The highest BCUT2D eigenvalue weighted by molar-refractivity contribution is 6.32. The second-order valence-electron chi connectivity index (χ2n) is 3.48. The molecule has 0 aliphatic carbocycles. The van der Waals surface area contributed by atoms with Crippen LogP contribution in [0.3, 0.4) is 0 Å². The number of nitrogens with one attached hydrogen (secondary N) is 1. The molecule has 70 valence electrons. The van der Waals surface area contributed by atoms with Gasteiger partial charge in [0.25, 0.3) is 0 Å². The fraction of sp³-hybridized carbons (Fsp3) is 0.400. The Bertz CT molecular complexity index is 334. The van der Waals surface area contributed by atoms with Gasteiger partial charge in [-0.2, -0.15) is 0 Å². The van der Waals surface area contributed by atoms with Crippen molar-refractivity contribution in [2.45, 2.75) is 19.4 Å². The van der Waals surface area contributed by atoms with E-state index in [9.17, 15) is 5.11 Å². The van der Waals surface area contributed by atoms with Crippen LogP contribution in [0.15, 0.2) is 12.1 Å². The minimum absolute atomic E-state index is 0.226. The zero-order valence-corrected chi connectivity index (χ0v) is 8.23. The second-order valence-corrected chi connectivity index (χ2v) is 3.89. The van der Waals surface area contributed by atoms with Crippen molar-refractivity contribution in [3.05, 3.63) is 28.3 Å². The number of benzene rings is 1. The van der Waals surface area contributed by atoms with Crippen molar-refractivity contribution in [3.8, 4) is 5.75 Å². The lowest BCUT2D eigenvalue weighted by atomic mass is 9.96. The van der Waals surface area contributed by atoms with Crippen LogP contribution in [0, 0.1) is 6.92 Å². The highest BCUT2D eigenvalue weighted by Crippen LogP contribution is 2.36. The predicted molar refractivity (Wildman–Crippen MR) is 53.2 cm³/mol. The highest BCUT2D eigenvalue weighted by atomic mass is 35.5. The normalized spacial score (nSPS) is 21.2. The van der Waals surface area contributed by atoms with Crippen LogP contribution >= 0.6 is 11.6 Å². The number of halogens is 1. The Morgan fingerprint density at radius 1 is 1.54 bits per heavy atom. The number of rotatable bonds is 1. The van der Waals surface area contributed by atoms with Gasteiger partial charge in [-0.15, -0.1) is 0 Å². The Balaban J connectivity index is 2.42. The molecular formula is C10H12ClNO. The summed E-state index contributed by atoms with van der Waals surface area (Å²) >= 11 is 5.87. The van der Waals surface area contributed by atoms with Crippen LogP contribution in [0.2, 0.25) is 5.02 Å². The number of hydrogen-bond acceptors (Lipinski definition) is 2. The molecule has 1 heterocycles. The first-order valence-corrected chi connectivity index (χ1v) is 4.78. The topological polar surface area (TPSA) is 32.3 Å². The van der Waals surface area contributed by atoms with Gasteiger partial charge in [-0.25, -0.2) is 0 Å². The van der Waals surface area contributed by atoms with Crippen molar-refractivity contribution in [1.82, 2.24) is 5.32 Å². The van der Waals surface area contributed by atoms with E-state index in [1.165, 1.54) is 0 Å². The maximum absolute atomic E-state index is 9.69. The summed E-state index contributed by atoms with van der Waals surface area (Å²) in [6.45, 7) is 3.00. The van der Waals surface area contributed by atoms with Gasteiger partial charge in [0.05, 0.1) is 5.02 Å². The van der Waals surface area contributed by atoms with Gasteiger partial charge in [0, 0.05) is 11.6 Å². The number of phenols is 1. The van der Waals surface area contributed by atoms with Crippen LogP contribution in [0.25, 0.3) is 0 Å². The van der Waals surface area contributed by atoms with Crippen LogP contribution in [0.5, 0.6) is 5.75 Å². The van der Waals surface area contributed by atoms with Gasteiger partial charge in [0.15, 0.2) is 0 Å². The lowest BCUT2D eigenvalue weighted by Crippen LogP contribution is -2.35. The molecule has 1 fully saturated rings. The molecule has 0 saturated carbocycles. The summed E-state index contributed by atoms with van der Waals surface area (Å²) in [5.41, 5.74) is 2.02. The third kappa shape index (κ3) is 1.52. The average Bonchev–Trinajstić information content (AvgIpc) is 1.95. The molecule has 1 saturated heterocycles. The molecule has 2 N–H and O–H groups in total. The lowest BCUT2D eigenvalue weighted by Gasteiger charge is -2.29. The van der Waals surface area contributed by atoms with E-state index in [2.05, 4.69) is 5.32 Å². The highest BCUT2D eigenvalue weighted by Gasteiger charge is 2.22. The maximum Gasteiger partial charge on any atom is 0.138 e. The summed E-state index contributed by atoms with van der Waals surface area (Å²) in [6.07, 6.45) is 1.08. The molecule has 0 bridgehead atoms. The predicted octanol–water partition coefficient (Wildman–Crippen LogP) is 2.39. The fourth-order valence-electron chi connectivity index (χ4n) is 1.58. The van der Waals surface area contributed by atoms with Crippen molar-refractivity contribution in [2.24, 2.45) is 0 Å². The summed E-state index contributed by atoms with van der Waals surface area (Å²) in [6, 6.07) is 4.05. The molecule has 3 heteroatoms. The Kier molecular flexibility index (Phi) is 2.18. The summed E-state index contributed by atoms with van der Waals surface area (Å²) in [5, 5.41) is 13.4. The Morgan fingerprint density at radius 2 is 2.23 bits per heavy atom. The summed E-state index contributed by atoms with van der Waals surface area (Å²) in [5.74, 6) is 0.226. The fourth-order valence-corrected chi connectivity index (χ4v) is 1.86. The third-order valence-corrected chi connectivity index (χ3v) is 2.72. The molecule has 1 aromatic rings. The smallest absolute Gasteiger partial charge is 0.138 e. The lowest BCUT2D eigenvalue weighted by molar-refractivity contribution is 0.364. The number of aryl methyl sites for hydroxylation is 1. The molecule has 1 atom stereocenters. The van der Waals surface area contributed by atoms with Gasteiger partial charge in [-0.3, -0.25) is 0 Å². The van der Waals surface area contributed by atoms with E-state index in [0.717, 1.165) is 24.1 Å². The standard InChI is InChI=1S/C10H12ClNO/c1-6-4-7(9-2-3-12-9)10(13)8(11)5-6/h4-5,9,12-13H,2-3H2,1H3. The first kappa shape index (κ1) is 8.85. The van der Waals surface area contributed by atoms with Crippen molar-refractivity contribution in [3.63, 3.8) is 0 Å². The van der Waals surface area contributed by atoms with Crippen molar-refractivity contribution >= 4 is 11.6 Å². The Labute approximate surface area is 82.5 Å². The molecule has 0 spiro atoms. The maximum atomic E-state index is 9.69. The molecule has 2 nitrogen and oxygen atoms in total. The minimum atomic E-state index is 0.226. The van der Waals surface area contributed by atoms with Gasteiger partial charge in [-0.1, -0.05) is 17.7 Å². The minimum Gasteiger partial charge on any atom is -0.506 e.